The number of fused-ring (bicyclic) bond motifs is 2. The van der Waals surface area contributed by atoms with E-state index in [-0.39, 0.29) is 29.4 Å². The summed E-state index contributed by atoms with van der Waals surface area (Å²) in [6, 6.07) is 3.70. The monoisotopic (exact) mass is 370 g/mol. The number of benzene rings is 1. The molecule has 4 nitrogen and oxygen atoms in total. The van der Waals surface area contributed by atoms with Gasteiger partial charge in [-0.1, -0.05) is 6.07 Å². The van der Waals surface area contributed by atoms with Gasteiger partial charge in [0.15, 0.2) is 0 Å². The molecule has 2 unspecified atom stereocenters. The van der Waals surface area contributed by atoms with Gasteiger partial charge in [0.2, 0.25) is 10.0 Å². The van der Waals surface area contributed by atoms with Crippen molar-refractivity contribution in [1.29, 1.82) is 0 Å². The molecular weight excluding hydrogens is 353 g/mol. The minimum Gasteiger partial charge on any atom is -0.315 e. The maximum atomic E-state index is 12.8. The molecule has 130 valence electrons. The summed E-state index contributed by atoms with van der Waals surface area (Å²) in [5.41, 5.74) is -0.936. The van der Waals surface area contributed by atoms with Crippen LogP contribution in [-0.2, 0) is 16.2 Å². The molecule has 2 atom stereocenters. The lowest BCUT2D eigenvalue weighted by Crippen LogP contribution is -2.42. The number of nitrogens with one attached hydrogen (secondary N) is 1. The molecule has 3 rings (SSSR count). The minimum absolute atomic E-state index is 0. The van der Waals surface area contributed by atoms with Gasteiger partial charge >= 0.3 is 6.18 Å². The van der Waals surface area contributed by atoms with Crippen LogP contribution in [0.1, 0.15) is 24.8 Å². The standard InChI is InChI=1S/C14H17F3N2O2S.ClH/c15-14(16,17)10-2-1-3-13(8-10)22(20,21)19-11-4-5-12(19)9-18-7-6-11;/h1-3,8,11-12,18H,4-7,9H2;1H. The molecule has 9 heteroatoms. The summed E-state index contributed by atoms with van der Waals surface area (Å²) in [6.45, 7) is 1.28. The van der Waals surface area contributed by atoms with Crippen molar-refractivity contribution in [1.82, 2.24) is 9.62 Å². The molecule has 2 bridgehead atoms. The van der Waals surface area contributed by atoms with Crippen LogP contribution in [-0.4, -0.2) is 37.9 Å². The topological polar surface area (TPSA) is 49.4 Å². The van der Waals surface area contributed by atoms with Gasteiger partial charge in [0.25, 0.3) is 0 Å². The molecule has 0 aromatic heterocycles. The third kappa shape index (κ3) is 3.50. The molecule has 0 amide bonds. The third-order valence-corrected chi connectivity index (χ3v) is 6.32. The zero-order valence-corrected chi connectivity index (χ0v) is 13.8. The number of halogens is 4. The van der Waals surface area contributed by atoms with E-state index >= 15 is 0 Å². The number of hydrogen-bond acceptors (Lipinski definition) is 3. The first kappa shape index (κ1) is 18.5. The summed E-state index contributed by atoms with van der Waals surface area (Å²) in [5, 5.41) is 3.18. The van der Waals surface area contributed by atoms with Crippen LogP contribution in [0.2, 0.25) is 0 Å². The molecule has 1 N–H and O–H groups in total. The summed E-state index contributed by atoms with van der Waals surface area (Å²) >= 11 is 0. The predicted molar refractivity (Wildman–Crippen MR) is 82.0 cm³/mol. The maximum Gasteiger partial charge on any atom is 0.416 e. The van der Waals surface area contributed by atoms with Gasteiger partial charge in [-0.2, -0.15) is 17.5 Å². The molecule has 0 radical (unpaired) electrons. The van der Waals surface area contributed by atoms with Crippen molar-refractivity contribution in [2.45, 2.75) is 42.4 Å². The Balaban J connectivity index is 0.00000192. The molecule has 1 aromatic carbocycles. The van der Waals surface area contributed by atoms with Crippen LogP contribution >= 0.6 is 12.4 Å². The fourth-order valence-corrected chi connectivity index (χ4v) is 5.23. The summed E-state index contributed by atoms with van der Waals surface area (Å²) in [5.74, 6) is 0. The van der Waals surface area contributed by atoms with E-state index in [2.05, 4.69) is 5.32 Å². The second kappa shape index (κ2) is 6.58. The number of rotatable bonds is 2. The van der Waals surface area contributed by atoms with Crippen molar-refractivity contribution >= 4 is 22.4 Å². The Hall–Kier alpha value is -0.830. The van der Waals surface area contributed by atoms with Crippen LogP contribution in [0.3, 0.4) is 0 Å². The number of alkyl halides is 3. The molecular formula is C14H18ClF3N2O2S. The highest BCUT2D eigenvalue weighted by Crippen LogP contribution is 2.36. The van der Waals surface area contributed by atoms with Crippen molar-refractivity contribution < 1.29 is 21.6 Å². The van der Waals surface area contributed by atoms with Crippen molar-refractivity contribution in [3.63, 3.8) is 0 Å². The Bertz CT molecular complexity index is 652. The molecule has 2 aliphatic rings. The van der Waals surface area contributed by atoms with Crippen LogP contribution in [0, 0.1) is 0 Å². The zero-order valence-electron chi connectivity index (χ0n) is 12.2. The molecule has 0 spiro atoms. The van der Waals surface area contributed by atoms with Crippen molar-refractivity contribution in [2.75, 3.05) is 13.1 Å². The maximum absolute atomic E-state index is 12.8. The minimum atomic E-state index is -4.55. The predicted octanol–water partition coefficient (Wildman–Crippen LogP) is 2.64. The Kier molecular flexibility index (Phi) is 5.30. The van der Waals surface area contributed by atoms with Gasteiger partial charge in [0, 0.05) is 18.6 Å². The lowest BCUT2D eigenvalue weighted by atomic mass is 10.1. The molecule has 2 fully saturated rings. The average molecular weight is 371 g/mol. The van der Waals surface area contributed by atoms with E-state index in [1.807, 2.05) is 0 Å². The van der Waals surface area contributed by atoms with Gasteiger partial charge in [0.1, 0.15) is 0 Å². The first-order valence-corrected chi connectivity index (χ1v) is 8.65. The van der Waals surface area contributed by atoms with Crippen LogP contribution < -0.4 is 5.32 Å². The fourth-order valence-electron chi connectivity index (χ4n) is 3.29. The number of nitrogens with zero attached hydrogens (tertiary/aromatic N) is 1. The smallest absolute Gasteiger partial charge is 0.315 e. The SMILES string of the molecule is Cl.O=S(=O)(c1cccc(C(F)(F)F)c1)N1C2CCNCC1CC2. The van der Waals surface area contributed by atoms with Crippen LogP contribution in [0.4, 0.5) is 13.2 Å². The van der Waals surface area contributed by atoms with Gasteiger partial charge in [-0.05, 0) is 44.0 Å². The zero-order chi connectivity index (χ0) is 16.0. The third-order valence-electron chi connectivity index (χ3n) is 4.32. The van der Waals surface area contributed by atoms with E-state index in [0.717, 1.165) is 37.6 Å². The van der Waals surface area contributed by atoms with Gasteiger partial charge in [-0.3, -0.25) is 0 Å². The van der Waals surface area contributed by atoms with Gasteiger partial charge in [-0.25, -0.2) is 8.42 Å². The van der Waals surface area contributed by atoms with Gasteiger partial charge in [-0.15, -0.1) is 12.4 Å². The van der Waals surface area contributed by atoms with Gasteiger partial charge in [0.05, 0.1) is 10.5 Å². The van der Waals surface area contributed by atoms with Crippen molar-refractivity contribution in [3.05, 3.63) is 29.8 Å². The number of hydrogen-bond donors (Lipinski definition) is 1. The highest BCUT2D eigenvalue weighted by atomic mass is 35.5. The molecule has 1 aromatic rings. The normalized spacial score (nSPS) is 25.7. The Morgan fingerprint density at radius 3 is 2.52 bits per heavy atom. The summed E-state index contributed by atoms with van der Waals surface area (Å²) in [7, 11) is -3.91. The van der Waals surface area contributed by atoms with Crippen LogP contribution in [0.15, 0.2) is 29.2 Å². The average Bonchev–Trinajstić information content (AvgIpc) is 2.72. The van der Waals surface area contributed by atoms with Crippen molar-refractivity contribution in [2.24, 2.45) is 0 Å². The van der Waals surface area contributed by atoms with Crippen LogP contribution in [0.25, 0.3) is 0 Å². The number of sulfonamides is 1. The van der Waals surface area contributed by atoms with E-state index in [1.165, 1.54) is 10.4 Å². The Morgan fingerprint density at radius 1 is 1.13 bits per heavy atom. The summed E-state index contributed by atoms with van der Waals surface area (Å²) in [6.07, 6.45) is -2.35. The fraction of sp³-hybridized carbons (Fsp3) is 0.571. The molecule has 0 aliphatic carbocycles. The van der Waals surface area contributed by atoms with E-state index < -0.39 is 21.8 Å². The molecule has 2 aliphatic heterocycles. The highest BCUT2D eigenvalue weighted by molar-refractivity contribution is 7.89. The van der Waals surface area contributed by atoms with Gasteiger partial charge < -0.3 is 5.32 Å². The van der Waals surface area contributed by atoms with E-state index in [9.17, 15) is 21.6 Å². The summed E-state index contributed by atoms with van der Waals surface area (Å²) < 4.78 is 65.5. The Morgan fingerprint density at radius 2 is 1.83 bits per heavy atom. The lowest BCUT2D eigenvalue weighted by molar-refractivity contribution is -0.137. The molecule has 23 heavy (non-hydrogen) atoms. The second-order valence-corrected chi connectivity index (χ2v) is 7.58. The lowest BCUT2D eigenvalue weighted by Gasteiger charge is -2.27. The quantitative estimate of drug-likeness (QED) is 0.870. The van der Waals surface area contributed by atoms with E-state index in [0.29, 0.717) is 13.0 Å². The first-order chi connectivity index (χ1) is 10.3. The highest BCUT2D eigenvalue weighted by Gasteiger charge is 2.43. The first-order valence-electron chi connectivity index (χ1n) is 7.21. The van der Waals surface area contributed by atoms with E-state index in [4.69, 9.17) is 0 Å². The molecule has 0 saturated carbocycles. The van der Waals surface area contributed by atoms with Crippen molar-refractivity contribution in [3.8, 4) is 0 Å². The molecule has 2 heterocycles. The largest absolute Gasteiger partial charge is 0.416 e. The Labute approximate surface area is 139 Å². The molecule has 2 saturated heterocycles. The summed E-state index contributed by atoms with van der Waals surface area (Å²) in [4.78, 5) is -0.277. The van der Waals surface area contributed by atoms with E-state index in [1.54, 1.807) is 0 Å². The second-order valence-electron chi connectivity index (χ2n) is 5.74. The van der Waals surface area contributed by atoms with Crippen LogP contribution in [0.5, 0.6) is 0 Å².